The number of hydrogen-bond acceptors (Lipinski definition) is 3. The van der Waals surface area contributed by atoms with E-state index in [1.165, 1.54) is 0 Å². The van der Waals surface area contributed by atoms with Crippen LogP contribution in [0.4, 0.5) is 5.69 Å². The molecule has 0 atom stereocenters. The fraction of sp³-hybridized carbons (Fsp3) is 0.118. The van der Waals surface area contributed by atoms with E-state index in [2.05, 4.69) is 5.32 Å². The highest BCUT2D eigenvalue weighted by molar-refractivity contribution is 6.10. The number of benzene rings is 2. The van der Waals surface area contributed by atoms with Crippen LogP contribution >= 0.6 is 0 Å². The first-order valence-corrected chi connectivity index (χ1v) is 6.62. The normalized spacial score (nSPS) is 16.0. The molecule has 0 unspecified atom stereocenters. The molecule has 3 rings (SSSR count). The fourth-order valence-corrected chi connectivity index (χ4v) is 2.41. The van der Waals surface area contributed by atoms with E-state index in [0.717, 1.165) is 29.5 Å². The molecule has 0 aliphatic heterocycles. The molecule has 0 heterocycles. The molecule has 0 bridgehead atoms. The second-order valence-electron chi connectivity index (χ2n) is 4.82. The Morgan fingerprint density at radius 2 is 1.75 bits per heavy atom. The van der Waals surface area contributed by atoms with Crippen LogP contribution in [0, 0.1) is 0 Å². The Hall–Kier alpha value is -2.55. The van der Waals surface area contributed by atoms with Crippen molar-refractivity contribution in [3.8, 4) is 5.75 Å². The molecule has 1 aliphatic carbocycles. The number of carbonyl (C=O) groups excluding carboxylic acids is 1. The lowest BCUT2D eigenvalue weighted by atomic mass is 9.87. The molecule has 0 spiro atoms. The average Bonchev–Trinajstić information content (AvgIpc) is 2.48. The zero-order valence-electron chi connectivity index (χ0n) is 11.0. The summed E-state index contributed by atoms with van der Waals surface area (Å²) in [6.45, 7) is 0. The van der Waals surface area contributed by atoms with Crippen LogP contribution in [0.2, 0.25) is 0 Å². The molecule has 2 aromatic rings. The number of phenols is 1. The van der Waals surface area contributed by atoms with Crippen molar-refractivity contribution in [1.29, 1.82) is 0 Å². The molecule has 0 saturated carbocycles. The highest BCUT2D eigenvalue weighted by Gasteiger charge is 2.21. The molecule has 20 heavy (non-hydrogen) atoms. The lowest BCUT2D eigenvalue weighted by Gasteiger charge is -2.17. The minimum Gasteiger partial charge on any atom is -0.506 e. The third-order valence-corrected chi connectivity index (χ3v) is 3.52. The van der Waals surface area contributed by atoms with Crippen molar-refractivity contribution in [3.63, 3.8) is 0 Å². The summed E-state index contributed by atoms with van der Waals surface area (Å²) in [5, 5.41) is 12.7. The van der Waals surface area contributed by atoms with Crippen LogP contribution in [-0.2, 0) is 6.42 Å². The maximum atomic E-state index is 12.4. The number of Topliss-reactive ketones (excluding diaryl/α,β-unsaturated/α-hetero) is 1. The van der Waals surface area contributed by atoms with E-state index in [-0.39, 0.29) is 11.5 Å². The molecule has 3 nitrogen and oxygen atoms in total. The third kappa shape index (κ3) is 2.30. The van der Waals surface area contributed by atoms with E-state index in [0.29, 0.717) is 5.69 Å². The van der Waals surface area contributed by atoms with Gasteiger partial charge in [-0.3, -0.25) is 4.79 Å². The minimum absolute atomic E-state index is 0.0646. The summed E-state index contributed by atoms with van der Waals surface area (Å²) < 4.78 is 0. The van der Waals surface area contributed by atoms with Gasteiger partial charge < -0.3 is 10.4 Å². The summed E-state index contributed by atoms with van der Waals surface area (Å²) in [5.74, 6) is 0.239. The van der Waals surface area contributed by atoms with Crippen molar-refractivity contribution in [2.45, 2.75) is 12.8 Å². The topological polar surface area (TPSA) is 49.3 Å². The summed E-state index contributed by atoms with van der Waals surface area (Å²) in [5.41, 5.74) is 3.24. The van der Waals surface area contributed by atoms with Gasteiger partial charge in [0.25, 0.3) is 0 Å². The van der Waals surface area contributed by atoms with Gasteiger partial charge in [0.1, 0.15) is 5.75 Å². The molecule has 0 amide bonds. The first-order valence-electron chi connectivity index (χ1n) is 6.62. The predicted molar refractivity (Wildman–Crippen MR) is 78.9 cm³/mol. The number of carbonyl (C=O) groups is 1. The largest absolute Gasteiger partial charge is 0.506 e. The van der Waals surface area contributed by atoms with Gasteiger partial charge in [-0.2, -0.15) is 0 Å². The van der Waals surface area contributed by atoms with E-state index >= 15 is 0 Å². The number of rotatable bonds is 2. The molecule has 100 valence electrons. The van der Waals surface area contributed by atoms with E-state index in [1.54, 1.807) is 24.4 Å². The summed E-state index contributed by atoms with van der Waals surface area (Å²) >= 11 is 0. The summed E-state index contributed by atoms with van der Waals surface area (Å²) in [4.78, 5) is 12.4. The van der Waals surface area contributed by atoms with Crippen LogP contribution in [0.1, 0.15) is 22.3 Å². The van der Waals surface area contributed by atoms with Gasteiger partial charge in [0, 0.05) is 17.3 Å². The molecule has 0 fully saturated rings. The molecule has 0 saturated heterocycles. The Bertz CT molecular complexity index is 689. The number of anilines is 1. The highest BCUT2D eigenvalue weighted by atomic mass is 16.3. The monoisotopic (exact) mass is 265 g/mol. The molecule has 2 N–H and O–H groups in total. The molecule has 0 radical (unpaired) electrons. The minimum atomic E-state index is 0.0646. The van der Waals surface area contributed by atoms with Crippen LogP contribution in [0.25, 0.3) is 0 Å². The van der Waals surface area contributed by atoms with Gasteiger partial charge in [0.05, 0.1) is 5.69 Å². The SMILES string of the molecule is O=C1/C(=C\Nc2ccccc2O)CCc2ccccc21. The van der Waals surface area contributed by atoms with E-state index in [4.69, 9.17) is 0 Å². The second kappa shape index (κ2) is 5.21. The molecular weight excluding hydrogens is 250 g/mol. The van der Waals surface area contributed by atoms with E-state index < -0.39 is 0 Å². The second-order valence-corrected chi connectivity index (χ2v) is 4.82. The lowest BCUT2D eigenvalue weighted by molar-refractivity contribution is 0.102. The van der Waals surface area contributed by atoms with Gasteiger partial charge in [-0.15, -0.1) is 0 Å². The van der Waals surface area contributed by atoms with Gasteiger partial charge in [-0.1, -0.05) is 36.4 Å². The van der Waals surface area contributed by atoms with Crippen molar-refractivity contribution in [2.75, 3.05) is 5.32 Å². The first-order chi connectivity index (χ1) is 9.75. The zero-order valence-corrected chi connectivity index (χ0v) is 11.0. The summed E-state index contributed by atoms with van der Waals surface area (Å²) in [6.07, 6.45) is 3.29. The number of nitrogens with one attached hydrogen (secondary N) is 1. The standard InChI is InChI=1S/C17H15NO2/c19-16-8-4-3-7-15(16)18-11-13-10-9-12-5-1-2-6-14(12)17(13)20/h1-8,11,18-19H,9-10H2/b13-11-. The maximum absolute atomic E-state index is 12.4. The van der Waals surface area contributed by atoms with E-state index in [9.17, 15) is 9.90 Å². The number of phenolic OH excluding ortho intramolecular Hbond substituents is 1. The van der Waals surface area contributed by atoms with Crippen molar-refractivity contribution in [2.24, 2.45) is 0 Å². The number of hydrogen-bond donors (Lipinski definition) is 2. The predicted octanol–water partition coefficient (Wildman–Crippen LogP) is 3.52. The lowest BCUT2D eigenvalue weighted by Crippen LogP contribution is -2.15. The number of para-hydroxylation sites is 2. The Balaban J connectivity index is 1.84. The van der Waals surface area contributed by atoms with Crippen LogP contribution in [0.15, 0.2) is 60.3 Å². The molecule has 2 aromatic carbocycles. The van der Waals surface area contributed by atoms with Crippen molar-refractivity contribution < 1.29 is 9.90 Å². The maximum Gasteiger partial charge on any atom is 0.190 e. The van der Waals surface area contributed by atoms with Crippen LogP contribution in [0.3, 0.4) is 0 Å². The molecule has 3 heteroatoms. The highest BCUT2D eigenvalue weighted by Crippen LogP contribution is 2.26. The summed E-state index contributed by atoms with van der Waals surface area (Å²) in [6, 6.07) is 14.7. The Kier molecular flexibility index (Phi) is 3.25. The van der Waals surface area contributed by atoms with Gasteiger partial charge in [-0.25, -0.2) is 0 Å². The first kappa shape index (κ1) is 12.5. The Morgan fingerprint density at radius 1 is 1.00 bits per heavy atom. The summed E-state index contributed by atoms with van der Waals surface area (Å²) in [7, 11) is 0. The Morgan fingerprint density at radius 3 is 2.60 bits per heavy atom. The van der Waals surface area contributed by atoms with Crippen molar-refractivity contribution in [1.82, 2.24) is 0 Å². The van der Waals surface area contributed by atoms with E-state index in [1.807, 2.05) is 30.3 Å². The number of aromatic hydroxyl groups is 1. The Labute approximate surface area is 117 Å². The smallest absolute Gasteiger partial charge is 0.190 e. The van der Waals surface area contributed by atoms with Crippen LogP contribution in [-0.4, -0.2) is 10.9 Å². The molecular formula is C17H15NO2. The fourth-order valence-electron chi connectivity index (χ4n) is 2.41. The number of allylic oxidation sites excluding steroid dienone is 1. The quantitative estimate of drug-likeness (QED) is 0.645. The number of ketones is 1. The third-order valence-electron chi connectivity index (χ3n) is 3.52. The van der Waals surface area contributed by atoms with Gasteiger partial charge in [0.15, 0.2) is 5.78 Å². The molecule has 1 aliphatic rings. The number of aryl methyl sites for hydroxylation is 1. The van der Waals surface area contributed by atoms with Crippen molar-refractivity contribution in [3.05, 3.63) is 71.4 Å². The van der Waals surface area contributed by atoms with Crippen molar-refractivity contribution >= 4 is 11.5 Å². The van der Waals surface area contributed by atoms with Gasteiger partial charge >= 0.3 is 0 Å². The number of fused-ring (bicyclic) bond motifs is 1. The zero-order chi connectivity index (χ0) is 13.9. The molecule has 0 aromatic heterocycles. The van der Waals surface area contributed by atoms with Gasteiger partial charge in [-0.05, 0) is 30.5 Å². The van der Waals surface area contributed by atoms with Crippen LogP contribution < -0.4 is 5.32 Å². The van der Waals surface area contributed by atoms with Gasteiger partial charge in [0.2, 0.25) is 0 Å². The van der Waals surface area contributed by atoms with Crippen LogP contribution in [0.5, 0.6) is 5.75 Å². The average molecular weight is 265 g/mol.